The van der Waals surface area contributed by atoms with E-state index in [1.165, 1.54) is 10.9 Å². The molecule has 2 heterocycles. The van der Waals surface area contributed by atoms with Crippen LogP contribution in [0.2, 0.25) is 5.02 Å². The Bertz CT molecular complexity index is 1410. The Morgan fingerprint density at radius 3 is 2.56 bits per heavy atom. The Hall–Kier alpha value is -3.63. The number of rotatable bonds is 6. The number of fused-ring (bicyclic) bond motifs is 2. The van der Waals surface area contributed by atoms with Gasteiger partial charge in [0.1, 0.15) is 0 Å². The number of aromatic nitrogens is 2. The minimum atomic E-state index is -0.00227. The molecule has 1 amide bonds. The van der Waals surface area contributed by atoms with Gasteiger partial charge in [-0.25, -0.2) is 4.98 Å². The van der Waals surface area contributed by atoms with Gasteiger partial charge >= 0.3 is 0 Å². The molecule has 5 rings (SSSR count). The van der Waals surface area contributed by atoms with Crippen LogP contribution in [-0.4, -0.2) is 15.9 Å². The molecule has 0 aliphatic rings. The van der Waals surface area contributed by atoms with Gasteiger partial charge in [-0.05, 0) is 60.9 Å². The van der Waals surface area contributed by atoms with Crippen LogP contribution in [0.1, 0.15) is 18.4 Å². The van der Waals surface area contributed by atoms with E-state index in [4.69, 9.17) is 16.6 Å². The zero-order valence-corrected chi connectivity index (χ0v) is 18.2. The molecule has 3 aromatic carbocycles. The van der Waals surface area contributed by atoms with E-state index in [0.717, 1.165) is 46.3 Å². The number of aryl methyl sites for hydroxylation is 1. The van der Waals surface area contributed by atoms with Gasteiger partial charge in [-0.1, -0.05) is 54.1 Å². The summed E-state index contributed by atoms with van der Waals surface area (Å²) >= 11 is 5.91. The van der Waals surface area contributed by atoms with Crippen molar-refractivity contribution in [2.24, 2.45) is 0 Å². The SMILES string of the molecule is O=C(CCCc1c(-c2ccc3ccccc3n2)[nH]c2ccccc12)Nc1ccc(Cl)cc1. The van der Waals surface area contributed by atoms with Crippen LogP contribution in [0.3, 0.4) is 0 Å². The van der Waals surface area contributed by atoms with Gasteiger partial charge in [-0.2, -0.15) is 0 Å². The third kappa shape index (κ3) is 4.23. The second-order valence-corrected chi connectivity index (χ2v) is 8.26. The molecule has 0 fully saturated rings. The van der Waals surface area contributed by atoms with Gasteiger partial charge in [-0.3, -0.25) is 4.79 Å². The lowest BCUT2D eigenvalue weighted by Crippen LogP contribution is -2.11. The number of carbonyl (C=O) groups excluding carboxylic acids is 1. The molecule has 0 spiro atoms. The van der Waals surface area contributed by atoms with Crippen LogP contribution in [-0.2, 0) is 11.2 Å². The van der Waals surface area contributed by atoms with Crippen LogP contribution < -0.4 is 5.32 Å². The summed E-state index contributed by atoms with van der Waals surface area (Å²) in [5.41, 5.74) is 5.95. The van der Waals surface area contributed by atoms with E-state index in [9.17, 15) is 4.79 Å². The molecule has 0 atom stereocenters. The maximum Gasteiger partial charge on any atom is 0.224 e. The molecule has 4 nitrogen and oxygen atoms in total. The molecule has 2 N–H and O–H groups in total. The monoisotopic (exact) mass is 439 g/mol. The van der Waals surface area contributed by atoms with Crippen molar-refractivity contribution in [2.45, 2.75) is 19.3 Å². The van der Waals surface area contributed by atoms with E-state index in [1.54, 1.807) is 12.1 Å². The third-order valence-corrected chi connectivity index (χ3v) is 5.88. The largest absolute Gasteiger partial charge is 0.353 e. The summed E-state index contributed by atoms with van der Waals surface area (Å²) in [6.07, 6.45) is 1.95. The Morgan fingerprint density at radius 2 is 1.69 bits per heavy atom. The third-order valence-electron chi connectivity index (χ3n) is 5.63. The highest BCUT2D eigenvalue weighted by Crippen LogP contribution is 2.31. The molecular weight excluding hydrogens is 418 g/mol. The molecule has 0 unspecified atom stereocenters. The summed E-state index contributed by atoms with van der Waals surface area (Å²) in [6, 6.07) is 27.7. The van der Waals surface area contributed by atoms with Crippen molar-refractivity contribution >= 4 is 45.0 Å². The van der Waals surface area contributed by atoms with E-state index in [0.29, 0.717) is 11.4 Å². The van der Waals surface area contributed by atoms with E-state index in [2.05, 4.69) is 40.6 Å². The van der Waals surface area contributed by atoms with Gasteiger partial charge in [0.25, 0.3) is 0 Å². The fraction of sp³-hybridized carbons (Fsp3) is 0.111. The first-order chi connectivity index (χ1) is 15.7. The van der Waals surface area contributed by atoms with Crippen molar-refractivity contribution in [3.05, 3.63) is 95.5 Å². The number of benzene rings is 3. The number of hydrogen-bond donors (Lipinski definition) is 2. The quantitative estimate of drug-likeness (QED) is 0.299. The van der Waals surface area contributed by atoms with Crippen LogP contribution >= 0.6 is 11.6 Å². The Balaban J connectivity index is 1.38. The lowest BCUT2D eigenvalue weighted by molar-refractivity contribution is -0.116. The van der Waals surface area contributed by atoms with Crippen LogP contribution in [0, 0.1) is 0 Å². The summed E-state index contributed by atoms with van der Waals surface area (Å²) in [4.78, 5) is 20.9. The van der Waals surface area contributed by atoms with E-state index in [-0.39, 0.29) is 5.91 Å². The van der Waals surface area contributed by atoms with Gasteiger partial charge in [0.15, 0.2) is 0 Å². The normalized spacial score (nSPS) is 11.2. The van der Waals surface area contributed by atoms with E-state index >= 15 is 0 Å². The minimum Gasteiger partial charge on any atom is -0.353 e. The molecule has 0 radical (unpaired) electrons. The topological polar surface area (TPSA) is 57.8 Å². The molecule has 0 bridgehead atoms. The number of aromatic amines is 1. The highest BCUT2D eigenvalue weighted by molar-refractivity contribution is 6.30. The molecule has 158 valence electrons. The summed E-state index contributed by atoms with van der Waals surface area (Å²) in [6.45, 7) is 0. The van der Waals surface area contributed by atoms with Crippen LogP contribution in [0.4, 0.5) is 5.69 Å². The van der Waals surface area contributed by atoms with Gasteiger partial charge in [0, 0.05) is 33.4 Å². The first-order valence-electron chi connectivity index (χ1n) is 10.7. The molecule has 32 heavy (non-hydrogen) atoms. The fourth-order valence-electron chi connectivity index (χ4n) is 4.07. The Kier molecular flexibility index (Phi) is 5.61. The summed E-state index contributed by atoms with van der Waals surface area (Å²) in [7, 11) is 0. The predicted octanol–water partition coefficient (Wildman–Crippen LogP) is 7.00. The van der Waals surface area contributed by atoms with Gasteiger partial charge in [0.2, 0.25) is 5.91 Å². The maximum atomic E-state index is 12.4. The number of hydrogen-bond acceptors (Lipinski definition) is 2. The summed E-state index contributed by atoms with van der Waals surface area (Å²) in [5.74, 6) is -0.00227. The highest BCUT2D eigenvalue weighted by Gasteiger charge is 2.15. The zero-order chi connectivity index (χ0) is 21.9. The van der Waals surface area contributed by atoms with E-state index in [1.807, 2.05) is 42.5 Å². The number of nitrogens with one attached hydrogen (secondary N) is 2. The number of H-pyrrole nitrogens is 1. The Labute approximate surface area is 191 Å². The summed E-state index contributed by atoms with van der Waals surface area (Å²) in [5, 5.41) is 5.88. The maximum absolute atomic E-state index is 12.4. The van der Waals surface area contributed by atoms with Crippen molar-refractivity contribution < 1.29 is 4.79 Å². The molecule has 0 aliphatic carbocycles. The standard InChI is InChI=1S/C27H22ClN3O/c28-19-13-15-20(16-14-19)29-26(32)11-5-8-22-21-7-2-4-10-24(21)31-27(22)25-17-12-18-6-1-3-9-23(18)30-25/h1-4,6-7,9-10,12-17,31H,5,8,11H2,(H,29,32). The van der Waals surface area contributed by atoms with Crippen LogP contribution in [0.15, 0.2) is 84.9 Å². The van der Waals surface area contributed by atoms with Crippen LogP contribution in [0.5, 0.6) is 0 Å². The molecule has 5 aromatic rings. The molecular formula is C27H22ClN3O. The van der Waals surface area contributed by atoms with Crippen molar-refractivity contribution in [3.63, 3.8) is 0 Å². The first-order valence-corrected chi connectivity index (χ1v) is 11.1. The number of amides is 1. The molecule has 5 heteroatoms. The van der Waals surface area contributed by atoms with Gasteiger partial charge in [-0.15, -0.1) is 0 Å². The van der Waals surface area contributed by atoms with Crippen molar-refractivity contribution in [1.29, 1.82) is 0 Å². The zero-order valence-electron chi connectivity index (χ0n) is 17.4. The minimum absolute atomic E-state index is 0.00227. The predicted molar refractivity (Wildman–Crippen MR) is 132 cm³/mol. The lowest BCUT2D eigenvalue weighted by atomic mass is 10.0. The number of anilines is 1. The van der Waals surface area contributed by atoms with Gasteiger partial charge in [0.05, 0.1) is 16.9 Å². The van der Waals surface area contributed by atoms with Crippen LogP contribution in [0.25, 0.3) is 33.2 Å². The smallest absolute Gasteiger partial charge is 0.224 e. The number of carbonyl (C=O) groups is 1. The second-order valence-electron chi connectivity index (χ2n) is 7.82. The fourth-order valence-corrected chi connectivity index (χ4v) is 4.19. The van der Waals surface area contributed by atoms with Crippen molar-refractivity contribution in [1.82, 2.24) is 9.97 Å². The molecule has 2 aromatic heterocycles. The summed E-state index contributed by atoms with van der Waals surface area (Å²) < 4.78 is 0. The average molecular weight is 440 g/mol. The van der Waals surface area contributed by atoms with Crippen molar-refractivity contribution in [2.75, 3.05) is 5.32 Å². The number of nitrogens with zero attached hydrogens (tertiary/aromatic N) is 1. The number of para-hydroxylation sites is 2. The second kappa shape index (κ2) is 8.85. The average Bonchev–Trinajstić information content (AvgIpc) is 3.19. The molecule has 0 aliphatic heterocycles. The Morgan fingerprint density at radius 1 is 0.906 bits per heavy atom. The molecule has 0 saturated carbocycles. The number of halogens is 1. The number of pyridine rings is 1. The van der Waals surface area contributed by atoms with E-state index < -0.39 is 0 Å². The first kappa shape index (κ1) is 20.3. The lowest BCUT2D eigenvalue weighted by Gasteiger charge is -2.08. The molecule has 0 saturated heterocycles. The van der Waals surface area contributed by atoms with Crippen molar-refractivity contribution in [3.8, 4) is 11.4 Å². The highest BCUT2D eigenvalue weighted by atomic mass is 35.5. The van der Waals surface area contributed by atoms with Gasteiger partial charge < -0.3 is 10.3 Å².